The van der Waals surface area contributed by atoms with Gasteiger partial charge in [0.1, 0.15) is 5.78 Å². The van der Waals surface area contributed by atoms with Crippen LogP contribution in [0.3, 0.4) is 0 Å². The number of rotatable bonds is 9. The first-order valence-corrected chi connectivity index (χ1v) is 13.0. The molecule has 0 unspecified atom stereocenters. The van der Waals surface area contributed by atoms with Gasteiger partial charge in [0.2, 0.25) is 5.91 Å². The topological polar surface area (TPSA) is 89.3 Å². The molecule has 0 spiro atoms. The zero-order chi connectivity index (χ0) is 22.9. The lowest BCUT2D eigenvalue weighted by Crippen LogP contribution is -2.28. The number of aryl methyl sites for hydroxylation is 1. The van der Waals surface area contributed by atoms with Crippen molar-refractivity contribution in [2.45, 2.75) is 61.5 Å². The highest BCUT2D eigenvalue weighted by atomic mass is 32.2. The van der Waals surface area contributed by atoms with Gasteiger partial charge < -0.3 is 4.90 Å². The van der Waals surface area contributed by atoms with Gasteiger partial charge in [0, 0.05) is 38.7 Å². The van der Waals surface area contributed by atoms with Crippen LogP contribution in [0.25, 0.3) is 0 Å². The predicted molar refractivity (Wildman–Crippen MR) is 121 cm³/mol. The fourth-order valence-corrected chi connectivity index (χ4v) is 6.24. The van der Waals surface area contributed by atoms with Crippen molar-refractivity contribution in [1.29, 1.82) is 0 Å². The Labute approximate surface area is 189 Å². The van der Waals surface area contributed by atoms with E-state index < -0.39 is 9.84 Å². The summed E-state index contributed by atoms with van der Waals surface area (Å²) in [5, 5.41) is 4.09. The third-order valence-corrected chi connectivity index (χ3v) is 8.88. The third-order valence-electron chi connectivity index (χ3n) is 6.60. The van der Waals surface area contributed by atoms with Crippen LogP contribution in [0, 0.1) is 5.92 Å². The summed E-state index contributed by atoms with van der Waals surface area (Å²) in [7, 11) is -1.44. The normalized spacial score (nSPS) is 19.8. The molecule has 1 saturated heterocycles. The lowest BCUT2D eigenvalue weighted by atomic mass is 9.84. The number of carbonyl (C=O) groups is 2. The van der Waals surface area contributed by atoms with Crippen molar-refractivity contribution in [3.63, 3.8) is 0 Å². The summed E-state index contributed by atoms with van der Waals surface area (Å²) < 4.78 is 26.8. The van der Waals surface area contributed by atoms with Gasteiger partial charge >= 0.3 is 0 Å². The van der Waals surface area contributed by atoms with Gasteiger partial charge in [-0.25, -0.2) is 8.42 Å². The van der Waals surface area contributed by atoms with Gasteiger partial charge in [-0.1, -0.05) is 19.1 Å². The number of ketones is 1. The molecule has 7 nitrogen and oxygen atoms in total. The van der Waals surface area contributed by atoms with Gasteiger partial charge in [-0.3, -0.25) is 14.3 Å². The van der Waals surface area contributed by atoms with E-state index in [9.17, 15) is 18.0 Å². The molecule has 0 N–H and O–H groups in total. The number of likely N-dealkylation sites (tertiary alicyclic amines) is 1. The van der Waals surface area contributed by atoms with Crippen molar-refractivity contribution >= 4 is 21.5 Å². The molecular formula is C24H31N3O4S. The molecule has 2 aliphatic rings. The fraction of sp³-hybridized carbons (Fsp3) is 0.542. The van der Waals surface area contributed by atoms with E-state index in [2.05, 4.69) is 5.10 Å². The Hall–Kier alpha value is -2.48. The second kappa shape index (κ2) is 9.17. The Morgan fingerprint density at radius 2 is 1.84 bits per heavy atom. The smallest absolute Gasteiger partial charge is 0.222 e. The van der Waals surface area contributed by atoms with Crippen molar-refractivity contribution in [3.8, 4) is 0 Å². The first-order valence-electron chi connectivity index (χ1n) is 11.4. The average molecular weight is 458 g/mol. The molecule has 1 saturated carbocycles. The van der Waals surface area contributed by atoms with E-state index >= 15 is 0 Å². The Morgan fingerprint density at radius 3 is 2.44 bits per heavy atom. The Morgan fingerprint density at radius 1 is 1.12 bits per heavy atom. The molecule has 0 radical (unpaired) electrons. The highest BCUT2D eigenvalue weighted by Gasteiger charge is 2.37. The number of amides is 1. The minimum atomic E-state index is -3.26. The van der Waals surface area contributed by atoms with Crippen molar-refractivity contribution in [2.24, 2.45) is 13.0 Å². The fourth-order valence-electron chi connectivity index (χ4n) is 4.58. The summed E-state index contributed by atoms with van der Waals surface area (Å²) in [5.74, 6) is 0.120. The quantitative estimate of drug-likeness (QED) is 0.578. The molecule has 1 aromatic carbocycles. The van der Waals surface area contributed by atoms with E-state index in [-0.39, 0.29) is 35.2 Å². The lowest BCUT2D eigenvalue weighted by Gasteiger charge is -2.21. The number of aromatic nitrogens is 2. The molecule has 2 atom stereocenters. The van der Waals surface area contributed by atoms with Crippen molar-refractivity contribution in [3.05, 3.63) is 47.8 Å². The van der Waals surface area contributed by atoms with Crippen molar-refractivity contribution < 1.29 is 18.0 Å². The Balaban J connectivity index is 1.54. The number of Topliss-reactive ketones (excluding diaryl/α,β-unsaturated/α-hetero) is 1. The molecule has 0 bridgehead atoms. The number of carbonyl (C=O) groups excluding carboxylic acids is 2. The maximum Gasteiger partial charge on any atom is 0.222 e. The summed E-state index contributed by atoms with van der Waals surface area (Å²) in [6, 6.07) is 8.72. The van der Waals surface area contributed by atoms with Crippen LogP contribution >= 0.6 is 0 Å². The number of hydrogen-bond donors (Lipinski definition) is 0. The maximum absolute atomic E-state index is 13.3. The molecule has 2 heterocycles. The monoisotopic (exact) mass is 457 g/mol. The van der Waals surface area contributed by atoms with E-state index in [0.717, 1.165) is 37.1 Å². The molecule has 172 valence electrons. The van der Waals surface area contributed by atoms with Crippen LogP contribution in [0.15, 0.2) is 41.4 Å². The summed E-state index contributed by atoms with van der Waals surface area (Å²) in [5.41, 5.74) is 1.56. The van der Waals surface area contributed by atoms with E-state index in [1.54, 1.807) is 28.9 Å². The van der Waals surface area contributed by atoms with E-state index in [1.807, 2.05) is 31.1 Å². The molecule has 1 aliphatic carbocycles. The maximum atomic E-state index is 13.3. The van der Waals surface area contributed by atoms with Gasteiger partial charge in [0.25, 0.3) is 0 Å². The molecule has 4 rings (SSSR count). The second-order valence-electron chi connectivity index (χ2n) is 9.07. The van der Waals surface area contributed by atoms with Crippen molar-refractivity contribution in [2.75, 3.05) is 13.1 Å². The molecule has 2 fully saturated rings. The number of hydrogen-bond acceptors (Lipinski definition) is 5. The lowest BCUT2D eigenvalue weighted by molar-refractivity contribution is -0.129. The zero-order valence-electron chi connectivity index (χ0n) is 18.7. The Bertz CT molecular complexity index is 1090. The van der Waals surface area contributed by atoms with E-state index in [1.165, 1.54) is 0 Å². The molecule has 8 heteroatoms. The molecule has 1 aliphatic heterocycles. The van der Waals surface area contributed by atoms with E-state index in [4.69, 9.17) is 0 Å². The average Bonchev–Trinajstić information content (AvgIpc) is 3.42. The van der Waals surface area contributed by atoms with Crippen LogP contribution in [-0.2, 0) is 32.9 Å². The van der Waals surface area contributed by atoms with Crippen LogP contribution in [-0.4, -0.2) is 53.1 Å². The van der Waals surface area contributed by atoms with Gasteiger partial charge in [0.05, 0.1) is 22.3 Å². The molecule has 1 aromatic heterocycles. The van der Waals surface area contributed by atoms with Crippen LogP contribution in [0.2, 0.25) is 0 Å². The van der Waals surface area contributed by atoms with Gasteiger partial charge in [-0.2, -0.15) is 5.10 Å². The highest BCUT2D eigenvalue weighted by molar-refractivity contribution is 7.92. The highest BCUT2D eigenvalue weighted by Crippen LogP contribution is 2.35. The van der Waals surface area contributed by atoms with Crippen LogP contribution in [0.5, 0.6) is 0 Å². The molecule has 2 aromatic rings. The summed E-state index contributed by atoms with van der Waals surface area (Å²) in [6.07, 6.45) is 5.53. The summed E-state index contributed by atoms with van der Waals surface area (Å²) >= 11 is 0. The van der Waals surface area contributed by atoms with E-state index in [0.29, 0.717) is 24.3 Å². The minimum Gasteiger partial charge on any atom is -0.342 e. The standard InChI is InChI=1S/C24H31N3O4S/c1-3-24(29)27-13-10-17(16-27)14-22(23(28)15-19-11-12-26(2)25-19)18-4-6-20(7-5-18)32(30,31)21-8-9-21/h4-7,11-12,17,21-22H,3,8-10,13-16H2,1-2H3/t17-,22-/m1/s1. The number of nitrogens with zero attached hydrogens (tertiary/aromatic N) is 3. The van der Waals surface area contributed by atoms with Gasteiger partial charge in [-0.15, -0.1) is 0 Å². The summed E-state index contributed by atoms with van der Waals surface area (Å²) in [6.45, 7) is 3.28. The van der Waals surface area contributed by atoms with Crippen LogP contribution in [0.4, 0.5) is 0 Å². The molecule has 1 amide bonds. The first kappa shape index (κ1) is 22.7. The minimum absolute atomic E-state index is 0.0711. The largest absolute Gasteiger partial charge is 0.342 e. The zero-order valence-corrected chi connectivity index (χ0v) is 19.6. The summed E-state index contributed by atoms with van der Waals surface area (Å²) in [4.78, 5) is 27.6. The SMILES string of the molecule is CCC(=O)N1CC[C@H](C[C@@H](C(=O)Cc2ccn(C)n2)c2ccc(S(=O)(=O)C3CC3)cc2)C1. The van der Waals surface area contributed by atoms with Crippen LogP contribution < -0.4 is 0 Å². The van der Waals surface area contributed by atoms with Crippen LogP contribution in [0.1, 0.15) is 56.2 Å². The predicted octanol–water partition coefficient (Wildman–Crippen LogP) is 2.90. The van der Waals surface area contributed by atoms with Gasteiger partial charge in [-0.05, 0) is 55.4 Å². The second-order valence-corrected chi connectivity index (χ2v) is 11.3. The molecule has 32 heavy (non-hydrogen) atoms. The first-order chi connectivity index (χ1) is 15.3. The molecular weight excluding hydrogens is 426 g/mol. The number of sulfone groups is 1. The van der Waals surface area contributed by atoms with Crippen molar-refractivity contribution in [1.82, 2.24) is 14.7 Å². The number of benzene rings is 1. The van der Waals surface area contributed by atoms with Gasteiger partial charge in [0.15, 0.2) is 9.84 Å². The third kappa shape index (κ3) is 4.95. The Kier molecular flexibility index (Phi) is 6.51.